The smallest absolute Gasteiger partial charge is 0.160 e. The van der Waals surface area contributed by atoms with E-state index >= 15 is 0 Å². The van der Waals surface area contributed by atoms with E-state index in [2.05, 4.69) is 193 Å². The molecule has 0 saturated heterocycles. The van der Waals surface area contributed by atoms with E-state index in [1.54, 1.807) is 0 Å². The maximum absolute atomic E-state index is 5.21. The van der Waals surface area contributed by atoms with Crippen LogP contribution in [0.2, 0.25) is 0 Å². The molecule has 2 aromatic heterocycles. The zero-order valence-corrected chi connectivity index (χ0v) is 28.7. The van der Waals surface area contributed by atoms with E-state index in [1.807, 2.05) is 0 Å². The first-order chi connectivity index (χ1) is 26.2. The van der Waals surface area contributed by atoms with Crippen LogP contribution in [-0.4, -0.2) is 14.5 Å². The van der Waals surface area contributed by atoms with E-state index in [0.717, 1.165) is 33.8 Å². The van der Waals surface area contributed by atoms with Crippen molar-refractivity contribution >= 4 is 64.9 Å². The monoisotopic (exact) mass is 673 g/mol. The lowest BCUT2D eigenvalue weighted by molar-refractivity contribution is 1.16. The Morgan fingerprint density at radius 3 is 1.25 bits per heavy atom. The van der Waals surface area contributed by atoms with E-state index in [4.69, 9.17) is 9.97 Å². The zero-order chi connectivity index (χ0) is 34.9. The molecule has 3 nitrogen and oxygen atoms in total. The van der Waals surface area contributed by atoms with E-state index in [0.29, 0.717) is 5.82 Å². The van der Waals surface area contributed by atoms with Crippen LogP contribution in [0.1, 0.15) is 0 Å². The van der Waals surface area contributed by atoms with Gasteiger partial charge in [-0.15, -0.1) is 0 Å². The van der Waals surface area contributed by atoms with Crippen LogP contribution < -0.4 is 0 Å². The molecular weight excluding hydrogens is 643 g/mol. The molecule has 0 bridgehead atoms. The minimum atomic E-state index is 0.699. The largest absolute Gasteiger partial charge is 0.309 e. The minimum absolute atomic E-state index is 0.699. The molecule has 53 heavy (non-hydrogen) atoms. The average Bonchev–Trinajstić information content (AvgIpc) is 3.58. The molecule has 11 rings (SSSR count). The van der Waals surface area contributed by atoms with Gasteiger partial charge in [-0.2, -0.15) is 0 Å². The van der Waals surface area contributed by atoms with Crippen LogP contribution >= 0.6 is 0 Å². The number of benzene rings is 9. The third kappa shape index (κ3) is 4.82. The van der Waals surface area contributed by atoms with Crippen LogP contribution in [0.15, 0.2) is 188 Å². The molecule has 0 saturated carbocycles. The lowest BCUT2D eigenvalue weighted by Gasteiger charge is -2.12. The second-order valence-electron chi connectivity index (χ2n) is 13.8. The van der Waals surface area contributed by atoms with Gasteiger partial charge >= 0.3 is 0 Å². The molecule has 0 fully saturated rings. The van der Waals surface area contributed by atoms with E-state index in [1.165, 1.54) is 64.9 Å². The van der Waals surface area contributed by atoms with Gasteiger partial charge in [0.1, 0.15) is 0 Å². The molecule has 2 heterocycles. The van der Waals surface area contributed by atoms with Crippen LogP contribution in [0.3, 0.4) is 0 Å². The van der Waals surface area contributed by atoms with Crippen molar-refractivity contribution in [2.24, 2.45) is 0 Å². The van der Waals surface area contributed by atoms with Crippen molar-refractivity contribution in [1.82, 2.24) is 14.5 Å². The molecule has 9 aromatic carbocycles. The third-order valence-corrected chi connectivity index (χ3v) is 10.7. The Kier molecular flexibility index (Phi) is 6.55. The summed E-state index contributed by atoms with van der Waals surface area (Å²) < 4.78 is 2.40. The van der Waals surface area contributed by atoms with Crippen molar-refractivity contribution in [3.05, 3.63) is 188 Å². The van der Waals surface area contributed by atoms with E-state index < -0.39 is 0 Å². The number of hydrogen-bond donors (Lipinski definition) is 0. The fourth-order valence-corrected chi connectivity index (χ4v) is 8.16. The molecule has 11 aromatic rings. The molecule has 246 valence electrons. The fraction of sp³-hybridized carbons (Fsp3) is 0. The number of hydrogen-bond acceptors (Lipinski definition) is 2. The van der Waals surface area contributed by atoms with Crippen molar-refractivity contribution in [2.75, 3.05) is 0 Å². The summed E-state index contributed by atoms with van der Waals surface area (Å²) in [6.45, 7) is 0. The van der Waals surface area contributed by atoms with Gasteiger partial charge in [0.05, 0.1) is 22.4 Å². The second-order valence-corrected chi connectivity index (χ2v) is 13.8. The quantitative estimate of drug-likeness (QED) is 0.186. The highest BCUT2D eigenvalue weighted by atomic mass is 15.0. The molecule has 0 aliphatic heterocycles. The number of rotatable bonds is 4. The van der Waals surface area contributed by atoms with Gasteiger partial charge in [0.15, 0.2) is 5.82 Å². The SMILES string of the molecule is c1ccc2cc(-c3cc(-c4ccc5ccccc5c4)nc(-c4ccc(-n5c6ccc7ccccc7c6c6c7ccccc7ccc65)cc4)n3)ccc2c1. The standard InChI is InChI=1S/C50H31N3/c1-3-13-37-29-39(19-17-32(37)9-1)44-31-45(40-20-18-33-10-2-4-14-38(33)30-40)52-50(51-44)36-21-25-41(26-22-36)53-46-27-23-34-11-5-7-15-42(34)48(46)49-43-16-8-6-12-35(43)24-28-47(49)53/h1-31H. The van der Waals surface area contributed by atoms with E-state index in [-0.39, 0.29) is 0 Å². The summed E-state index contributed by atoms with van der Waals surface area (Å²) in [6, 6.07) is 67.4. The van der Waals surface area contributed by atoms with Crippen molar-refractivity contribution < 1.29 is 0 Å². The first-order valence-corrected chi connectivity index (χ1v) is 18.1. The predicted molar refractivity (Wildman–Crippen MR) is 223 cm³/mol. The molecule has 0 N–H and O–H groups in total. The number of aromatic nitrogens is 3. The first kappa shape index (κ1) is 29.6. The molecule has 0 spiro atoms. The highest BCUT2D eigenvalue weighted by molar-refractivity contribution is 6.28. The van der Waals surface area contributed by atoms with Gasteiger partial charge in [-0.3, -0.25) is 0 Å². The Balaban J connectivity index is 1.09. The Labute approximate surface area is 306 Å². The first-order valence-electron chi connectivity index (χ1n) is 18.1. The molecule has 0 radical (unpaired) electrons. The topological polar surface area (TPSA) is 30.7 Å². The fourth-order valence-electron chi connectivity index (χ4n) is 8.16. The van der Waals surface area contributed by atoms with Gasteiger partial charge in [-0.05, 0) is 97.7 Å². The maximum atomic E-state index is 5.21. The summed E-state index contributed by atoms with van der Waals surface area (Å²) in [5.74, 6) is 0.699. The molecule has 3 heteroatoms. The lowest BCUT2D eigenvalue weighted by Crippen LogP contribution is -1.97. The second kappa shape index (κ2) is 11.7. The van der Waals surface area contributed by atoms with Crippen LogP contribution in [-0.2, 0) is 0 Å². The third-order valence-electron chi connectivity index (χ3n) is 10.7. The van der Waals surface area contributed by atoms with Gasteiger partial charge in [-0.1, -0.05) is 133 Å². The van der Waals surface area contributed by atoms with Gasteiger partial charge in [0.25, 0.3) is 0 Å². The lowest BCUT2D eigenvalue weighted by atomic mass is 10.00. The van der Waals surface area contributed by atoms with Gasteiger partial charge < -0.3 is 4.57 Å². The van der Waals surface area contributed by atoms with E-state index in [9.17, 15) is 0 Å². The van der Waals surface area contributed by atoms with Crippen molar-refractivity contribution in [2.45, 2.75) is 0 Å². The average molecular weight is 674 g/mol. The van der Waals surface area contributed by atoms with Gasteiger partial charge in [-0.25, -0.2) is 9.97 Å². The Morgan fingerprint density at radius 1 is 0.321 bits per heavy atom. The van der Waals surface area contributed by atoms with Crippen LogP contribution in [0, 0.1) is 0 Å². The van der Waals surface area contributed by atoms with Crippen molar-refractivity contribution in [1.29, 1.82) is 0 Å². The molecular formula is C50H31N3. The molecule has 0 amide bonds. The molecule has 0 aliphatic rings. The summed E-state index contributed by atoms with van der Waals surface area (Å²) in [7, 11) is 0. The van der Waals surface area contributed by atoms with Crippen molar-refractivity contribution in [3.63, 3.8) is 0 Å². The summed E-state index contributed by atoms with van der Waals surface area (Å²) in [5, 5.41) is 12.4. The number of nitrogens with zero attached hydrogens (tertiary/aromatic N) is 3. The highest BCUT2D eigenvalue weighted by Crippen LogP contribution is 2.41. The molecule has 0 unspecified atom stereocenters. The Bertz CT molecular complexity index is 3040. The van der Waals surface area contributed by atoms with Gasteiger partial charge in [0.2, 0.25) is 0 Å². The van der Waals surface area contributed by atoms with Crippen LogP contribution in [0.5, 0.6) is 0 Å². The minimum Gasteiger partial charge on any atom is -0.309 e. The maximum Gasteiger partial charge on any atom is 0.160 e. The Hall–Kier alpha value is -7.10. The molecule has 0 aliphatic carbocycles. The van der Waals surface area contributed by atoms with Gasteiger partial charge in [0, 0.05) is 33.2 Å². The Morgan fingerprint density at radius 2 is 0.736 bits per heavy atom. The highest BCUT2D eigenvalue weighted by Gasteiger charge is 2.18. The summed E-state index contributed by atoms with van der Waals surface area (Å²) >= 11 is 0. The summed E-state index contributed by atoms with van der Waals surface area (Å²) in [5.41, 5.74) is 8.37. The molecule has 0 atom stereocenters. The van der Waals surface area contributed by atoms with Crippen molar-refractivity contribution in [3.8, 4) is 39.6 Å². The van der Waals surface area contributed by atoms with Crippen LogP contribution in [0.25, 0.3) is 104 Å². The summed E-state index contributed by atoms with van der Waals surface area (Å²) in [4.78, 5) is 10.4. The predicted octanol–water partition coefficient (Wildman–Crippen LogP) is 13.2. The zero-order valence-electron chi connectivity index (χ0n) is 28.7. The number of fused-ring (bicyclic) bond motifs is 9. The normalized spacial score (nSPS) is 11.8. The van der Waals surface area contributed by atoms with Crippen LogP contribution in [0.4, 0.5) is 0 Å². The summed E-state index contributed by atoms with van der Waals surface area (Å²) in [6.07, 6.45) is 0.